The first-order valence-electron chi connectivity index (χ1n) is 16.1. The molecule has 0 aliphatic carbocycles. The van der Waals surface area contributed by atoms with Crippen molar-refractivity contribution in [3.63, 3.8) is 0 Å². The fourth-order valence-electron chi connectivity index (χ4n) is 4.47. The predicted octanol–water partition coefficient (Wildman–Crippen LogP) is 7.82. The van der Waals surface area contributed by atoms with Crippen molar-refractivity contribution in [1.82, 2.24) is 5.32 Å². The van der Waals surface area contributed by atoms with Crippen LogP contribution in [0.25, 0.3) is 0 Å². The van der Waals surface area contributed by atoms with Gasteiger partial charge in [-0.05, 0) is 30.7 Å². The third-order valence-electron chi connectivity index (χ3n) is 7.07. The number of ketones is 1. The number of Topliss-reactive ketones (excluding diaryl/α,β-unsaturated/α-hetero) is 1. The third-order valence-corrected chi connectivity index (χ3v) is 8.39. The standard InChI is InChI=1S/C32H58ClN2O6P/c1-5-6-7-8-9-10-11-12-13-14-15-16-17-18-24-39-28-31(41-42(37,38)40-25-23-35(2,3)4)26-34-27-32(36)29-19-21-30(33)22-20-29/h19-22,31,34H,5-18,23-28H2,1-4H3/p+1. The van der Waals surface area contributed by atoms with Gasteiger partial charge in [0.15, 0.2) is 5.78 Å². The van der Waals surface area contributed by atoms with Gasteiger partial charge in [-0.3, -0.25) is 13.8 Å². The van der Waals surface area contributed by atoms with Crippen molar-refractivity contribution in [3.05, 3.63) is 34.9 Å². The Morgan fingerprint density at radius 3 is 1.93 bits per heavy atom. The van der Waals surface area contributed by atoms with Crippen molar-refractivity contribution in [2.24, 2.45) is 0 Å². The van der Waals surface area contributed by atoms with Crippen LogP contribution in [0.3, 0.4) is 0 Å². The Bertz CT molecular complexity index is 866. The van der Waals surface area contributed by atoms with E-state index in [-0.39, 0.29) is 32.1 Å². The summed E-state index contributed by atoms with van der Waals surface area (Å²) in [6.45, 7) is 3.82. The zero-order valence-electron chi connectivity index (χ0n) is 26.8. The fourth-order valence-corrected chi connectivity index (χ4v) is 5.48. The zero-order chi connectivity index (χ0) is 31.1. The van der Waals surface area contributed by atoms with Crippen LogP contribution in [0.2, 0.25) is 5.02 Å². The van der Waals surface area contributed by atoms with Crippen molar-refractivity contribution in [3.8, 4) is 0 Å². The number of carbonyl (C=O) groups excluding carboxylic acids is 1. The number of hydrogen-bond acceptors (Lipinski definition) is 6. The molecule has 1 aromatic rings. The third kappa shape index (κ3) is 22.7. The average molecular weight is 634 g/mol. The highest BCUT2D eigenvalue weighted by Crippen LogP contribution is 2.44. The summed E-state index contributed by atoms with van der Waals surface area (Å²) >= 11 is 5.90. The number of nitrogens with one attached hydrogen (secondary N) is 1. The van der Waals surface area contributed by atoms with E-state index in [4.69, 9.17) is 25.4 Å². The Kier molecular flexibility index (Phi) is 22.0. The Balaban J connectivity index is 2.30. The number of carbonyl (C=O) groups is 1. The van der Waals surface area contributed by atoms with Gasteiger partial charge >= 0.3 is 7.82 Å². The highest BCUT2D eigenvalue weighted by atomic mass is 35.5. The number of hydrogen-bond donors (Lipinski definition) is 2. The van der Waals surface area contributed by atoms with Gasteiger partial charge in [0.1, 0.15) is 19.3 Å². The second kappa shape index (κ2) is 23.5. The quantitative estimate of drug-likeness (QED) is 0.0420. The molecule has 42 heavy (non-hydrogen) atoms. The Labute approximate surface area is 261 Å². The molecule has 8 nitrogen and oxygen atoms in total. The van der Waals surface area contributed by atoms with E-state index >= 15 is 0 Å². The van der Waals surface area contributed by atoms with Gasteiger partial charge in [0.05, 0.1) is 34.3 Å². The van der Waals surface area contributed by atoms with Gasteiger partial charge in [0.25, 0.3) is 0 Å². The van der Waals surface area contributed by atoms with Crippen LogP contribution in [-0.4, -0.2) is 81.9 Å². The maximum absolute atomic E-state index is 12.6. The molecule has 2 N–H and O–H groups in total. The van der Waals surface area contributed by atoms with Gasteiger partial charge in [-0.1, -0.05) is 102 Å². The van der Waals surface area contributed by atoms with Gasteiger partial charge in [-0.2, -0.15) is 0 Å². The Morgan fingerprint density at radius 1 is 0.881 bits per heavy atom. The van der Waals surface area contributed by atoms with Crippen LogP contribution in [0.15, 0.2) is 24.3 Å². The van der Waals surface area contributed by atoms with Gasteiger partial charge in [0.2, 0.25) is 0 Å². The van der Waals surface area contributed by atoms with Gasteiger partial charge in [0, 0.05) is 23.7 Å². The van der Waals surface area contributed by atoms with Crippen LogP contribution in [0.4, 0.5) is 0 Å². The lowest BCUT2D eigenvalue weighted by atomic mass is 10.0. The molecule has 0 fully saturated rings. The number of ether oxygens (including phenoxy) is 1. The first-order valence-corrected chi connectivity index (χ1v) is 17.9. The van der Waals surface area contributed by atoms with E-state index in [1.807, 2.05) is 21.1 Å². The largest absolute Gasteiger partial charge is 0.472 e. The molecule has 0 aliphatic heterocycles. The highest BCUT2D eigenvalue weighted by molar-refractivity contribution is 7.47. The van der Waals surface area contributed by atoms with E-state index in [1.54, 1.807) is 24.3 Å². The van der Waals surface area contributed by atoms with Crippen LogP contribution in [0, 0.1) is 0 Å². The lowest BCUT2D eigenvalue weighted by molar-refractivity contribution is -0.870. The van der Waals surface area contributed by atoms with Crippen molar-refractivity contribution in [2.75, 3.05) is 60.6 Å². The van der Waals surface area contributed by atoms with Crippen LogP contribution in [0.5, 0.6) is 0 Å². The molecule has 0 radical (unpaired) electrons. The van der Waals surface area contributed by atoms with Crippen LogP contribution in [0.1, 0.15) is 107 Å². The number of phosphoric ester groups is 1. The number of benzene rings is 1. The van der Waals surface area contributed by atoms with Gasteiger partial charge in [-0.25, -0.2) is 4.57 Å². The first-order chi connectivity index (χ1) is 20.0. The Hall–Kier alpha value is -0.830. The molecular formula is C32H59ClN2O6P+. The molecule has 1 rings (SSSR count). The van der Waals surface area contributed by atoms with E-state index in [0.29, 0.717) is 28.2 Å². The van der Waals surface area contributed by atoms with Crippen LogP contribution >= 0.6 is 19.4 Å². The first kappa shape index (κ1) is 39.2. The molecule has 2 unspecified atom stereocenters. The summed E-state index contributed by atoms with van der Waals surface area (Å²) in [5.41, 5.74) is 0.537. The second-order valence-electron chi connectivity index (χ2n) is 12.3. The molecule has 244 valence electrons. The van der Waals surface area contributed by atoms with Gasteiger partial charge < -0.3 is 19.4 Å². The zero-order valence-corrected chi connectivity index (χ0v) is 28.4. The summed E-state index contributed by atoms with van der Waals surface area (Å²) in [4.78, 5) is 22.7. The lowest BCUT2D eigenvalue weighted by Crippen LogP contribution is -2.38. The van der Waals surface area contributed by atoms with Gasteiger partial charge in [-0.15, -0.1) is 0 Å². The number of unbranched alkanes of at least 4 members (excludes halogenated alkanes) is 13. The lowest BCUT2D eigenvalue weighted by Gasteiger charge is -2.25. The summed E-state index contributed by atoms with van der Waals surface area (Å²) in [6.07, 6.45) is 17.4. The van der Waals surface area contributed by atoms with E-state index in [2.05, 4.69) is 12.2 Å². The van der Waals surface area contributed by atoms with E-state index in [1.165, 1.54) is 77.0 Å². The van der Waals surface area contributed by atoms with Crippen molar-refractivity contribution >= 4 is 25.2 Å². The number of rotatable bonds is 28. The molecule has 0 amide bonds. The number of halogens is 1. The minimum absolute atomic E-state index is 0.0541. The number of likely N-dealkylation sites (N-methyl/N-ethyl adjacent to an activating group) is 1. The smallest absolute Gasteiger partial charge is 0.379 e. The molecular weight excluding hydrogens is 575 g/mol. The molecule has 0 heterocycles. The molecule has 0 saturated heterocycles. The highest BCUT2D eigenvalue weighted by Gasteiger charge is 2.28. The molecule has 0 saturated carbocycles. The minimum atomic E-state index is -4.28. The van der Waals surface area contributed by atoms with E-state index in [9.17, 15) is 14.3 Å². The van der Waals surface area contributed by atoms with E-state index < -0.39 is 13.9 Å². The number of quaternary nitrogens is 1. The SMILES string of the molecule is CCCCCCCCCCCCCCCCOCC(CNCC(=O)c1ccc(Cl)cc1)OP(=O)(O)OCC[N+](C)(C)C. The fraction of sp³-hybridized carbons (Fsp3) is 0.781. The monoisotopic (exact) mass is 633 g/mol. The molecule has 0 bridgehead atoms. The number of nitrogens with zero attached hydrogens (tertiary/aromatic N) is 1. The molecule has 10 heteroatoms. The Morgan fingerprint density at radius 2 is 1.40 bits per heavy atom. The molecule has 0 aromatic heterocycles. The topological polar surface area (TPSA) is 94.1 Å². The van der Waals surface area contributed by atoms with Crippen molar-refractivity contribution in [1.29, 1.82) is 0 Å². The molecule has 0 spiro atoms. The maximum Gasteiger partial charge on any atom is 0.472 e. The number of phosphoric acid groups is 1. The van der Waals surface area contributed by atoms with Crippen LogP contribution < -0.4 is 5.32 Å². The summed E-state index contributed by atoms with van der Waals surface area (Å²) in [6, 6.07) is 6.68. The normalized spacial score (nSPS) is 14.1. The predicted molar refractivity (Wildman–Crippen MR) is 173 cm³/mol. The second-order valence-corrected chi connectivity index (χ2v) is 14.1. The summed E-state index contributed by atoms with van der Waals surface area (Å²) in [5, 5.41) is 3.59. The molecule has 0 aliphatic rings. The van der Waals surface area contributed by atoms with Crippen molar-refractivity contribution in [2.45, 2.75) is 103 Å². The maximum atomic E-state index is 12.6. The van der Waals surface area contributed by atoms with Crippen LogP contribution in [-0.2, 0) is 18.3 Å². The van der Waals surface area contributed by atoms with Crippen molar-refractivity contribution < 1.29 is 32.5 Å². The summed E-state index contributed by atoms with van der Waals surface area (Å²) in [7, 11) is 1.64. The average Bonchev–Trinajstić information content (AvgIpc) is 2.92. The molecule has 1 aromatic carbocycles. The molecule has 2 atom stereocenters. The summed E-state index contributed by atoms with van der Waals surface area (Å²) in [5.74, 6) is -0.111. The van der Waals surface area contributed by atoms with E-state index in [0.717, 1.165) is 12.8 Å². The minimum Gasteiger partial charge on any atom is -0.379 e. The summed E-state index contributed by atoms with van der Waals surface area (Å²) < 4.78 is 29.6.